The minimum Gasteiger partial charge on any atom is -0.365 e. The Bertz CT molecular complexity index is 1010. The van der Waals surface area contributed by atoms with Gasteiger partial charge in [0.05, 0.1) is 34.4 Å². The number of nitrogens with zero attached hydrogens (tertiary/aromatic N) is 3. The van der Waals surface area contributed by atoms with Crippen LogP contribution in [0.2, 0.25) is 10.0 Å². The van der Waals surface area contributed by atoms with Gasteiger partial charge in [-0.1, -0.05) is 29.3 Å². The lowest BCUT2D eigenvalue weighted by Crippen LogP contribution is -2.54. The van der Waals surface area contributed by atoms with Crippen molar-refractivity contribution in [3.63, 3.8) is 0 Å². The molecule has 1 aromatic heterocycles. The van der Waals surface area contributed by atoms with Gasteiger partial charge in [-0.25, -0.2) is 13.6 Å². The number of hydrogen-bond acceptors (Lipinski definition) is 3. The normalized spacial score (nSPS) is 20.6. The van der Waals surface area contributed by atoms with Crippen LogP contribution in [-0.2, 0) is 13.1 Å². The molecule has 2 aromatic rings. The Morgan fingerprint density at radius 1 is 1.20 bits per heavy atom. The zero-order valence-electron chi connectivity index (χ0n) is 15.7. The molecule has 0 radical (unpaired) electrons. The third kappa shape index (κ3) is 3.72. The fourth-order valence-electron chi connectivity index (χ4n) is 3.85. The molecular formula is C19H19Cl2F2N5O2. The number of halogens is 4. The van der Waals surface area contributed by atoms with E-state index in [1.54, 1.807) is 22.9 Å². The second kappa shape index (κ2) is 8.03. The number of alkyl halides is 2. The number of rotatable bonds is 4. The van der Waals surface area contributed by atoms with E-state index in [4.69, 9.17) is 28.9 Å². The summed E-state index contributed by atoms with van der Waals surface area (Å²) in [6, 6.07) is 3.90. The monoisotopic (exact) mass is 457 g/mol. The van der Waals surface area contributed by atoms with Crippen LogP contribution in [0.4, 0.5) is 13.6 Å². The molecular weight excluding hydrogens is 439 g/mol. The van der Waals surface area contributed by atoms with Crippen LogP contribution in [0.25, 0.3) is 11.3 Å². The smallest absolute Gasteiger partial charge is 0.318 e. The summed E-state index contributed by atoms with van der Waals surface area (Å²) >= 11 is 12.1. The molecule has 0 bridgehead atoms. The first-order chi connectivity index (χ1) is 14.3. The van der Waals surface area contributed by atoms with E-state index in [1.165, 1.54) is 4.90 Å². The third-order valence-electron chi connectivity index (χ3n) is 5.67. The summed E-state index contributed by atoms with van der Waals surface area (Å²) in [5, 5.41) is 7.84. The molecule has 160 valence electrons. The average Bonchev–Trinajstić information content (AvgIpc) is 3.05. The summed E-state index contributed by atoms with van der Waals surface area (Å²) < 4.78 is 27.5. The topological polar surface area (TPSA) is 93.2 Å². The maximum atomic E-state index is 12.9. The van der Waals surface area contributed by atoms with E-state index >= 15 is 0 Å². The molecule has 0 spiro atoms. The van der Waals surface area contributed by atoms with Crippen molar-refractivity contribution in [1.29, 1.82) is 0 Å². The number of nitrogens with one attached hydrogen (secondary N) is 1. The Kier molecular flexibility index (Phi) is 5.59. The fraction of sp³-hybridized carbons (Fsp3) is 0.421. The van der Waals surface area contributed by atoms with Crippen molar-refractivity contribution in [2.75, 3.05) is 6.54 Å². The van der Waals surface area contributed by atoms with Crippen molar-refractivity contribution < 1.29 is 18.4 Å². The van der Waals surface area contributed by atoms with Crippen molar-refractivity contribution in [3.8, 4) is 11.3 Å². The lowest BCUT2D eigenvalue weighted by Gasteiger charge is -2.38. The zero-order chi connectivity index (χ0) is 21.6. The molecule has 3 N–H and O–H groups in total. The van der Waals surface area contributed by atoms with E-state index in [0.717, 1.165) is 0 Å². The molecule has 7 nitrogen and oxygen atoms in total. The molecule has 1 saturated carbocycles. The molecule has 1 aliphatic heterocycles. The summed E-state index contributed by atoms with van der Waals surface area (Å²) in [6.07, 6.45) is -1.53. The second-order valence-electron chi connectivity index (χ2n) is 7.44. The molecule has 1 aromatic carbocycles. The molecule has 2 aliphatic rings. The molecule has 2 atom stereocenters. The van der Waals surface area contributed by atoms with Crippen LogP contribution >= 0.6 is 23.2 Å². The number of primary amides is 1. The van der Waals surface area contributed by atoms with Gasteiger partial charge in [0.2, 0.25) is 6.43 Å². The Morgan fingerprint density at radius 3 is 2.57 bits per heavy atom. The van der Waals surface area contributed by atoms with Gasteiger partial charge in [-0.3, -0.25) is 9.48 Å². The van der Waals surface area contributed by atoms with Gasteiger partial charge < -0.3 is 16.0 Å². The van der Waals surface area contributed by atoms with Gasteiger partial charge in [-0.2, -0.15) is 5.10 Å². The molecule has 2 heterocycles. The Balaban J connectivity index is 1.58. The highest BCUT2D eigenvalue weighted by Gasteiger charge is 2.39. The largest absolute Gasteiger partial charge is 0.365 e. The van der Waals surface area contributed by atoms with Crippen LogP contribution in [0.5, 0.6) is 0 Å². The number of hydrogen-bond donors (Lipinski definition) is 2. The van der Waals surface area contributed by atoms with Crippen molar-refractivity contribution in [1.82, 2.24) is 20.0 Å². The summed E-state index contributed by atoms with van der Waals surface area (Å²) in [6.45, 7) is 0.753. The Labute approximate surface area is 181 Å². The first-order valence-electron chi connectivity index (χ1n) is 9.44. The number of fused-ring (bicyclic) bond motifs is 1. The van der Waals surface area contributed by atoms with Crippen LogP contribution in [0, 0.1) is 5.92 Å². The number of benzene rings is 1. The van der Waals surface area contributed by atoms with E-state index in [9.17, 15) is 18.4 Å². The highest BCUT2D eigenvalue weighted by molar-refractivity contribution is 6.42. The number of aromatic nitrogens is 2. The highest BCUT2D eigenvalue weighted by Crippen LogP contribution is 2.34. The number of carbonyl (C=O) groups excluding carboxylic acids is 2. The van der Waals surface area contributed by atoms with Crippen molar-refractivity contribution in [2.24, 2.45) is 11.7 Å². The van der Waals surface area contributed by atoms with Gasteiger partial charge in [-0.15, -0.1) is 0 Å². The van der Waals surface area contributed by atoms with E-state index in [-0.39, 0.29) is 12.1 Å². The fourth-order valence-corrected chi connectivity index (χ4v) is 4.15. The van der Waals surface area contributed by atoms with E-state index in [2.05, 4.69) is 10.4 Å². The van der Waals surface area contributed by atoms with Crippen molar-refractivity contribution in [2.45, 2.75) is 38.4 Å². The molecule has 4 rings (SSSR count). The van der Waals surface area contributed by atoms with Crippen LogP contribution in [0.1, 0.15) is 28.9 Å². The Hall–Kier alpha value is -2.39. The average molecular weight is 458 g/mol. The maximum absolute atomic E-state index is 12.9. The number of amides is 3. The third-order valence-corrected chi connectivity index (χ3v) is 6.41. The lowest BCUT2D eigenvalue weighted by atomic mass is 9.80. The van der Waals surface area contributed by atoms with E-state index in [1.807, 2.05) is 0 Å². The summed E-state index contributed by atoms with van der Waals surface area (Å²) in [4.78, 5) is 26.3. The number of carbonyl (C=O) groups is 2. The zero-order valence-corrected chi connectivity index (χ0v) is 17.3. The number of urea groups is 1. The van der Waals surface area contributed by atoms with Crippen LogP contribution in [0.3, 0.4) is 0 Å². The van der Waals surface area contributed by atoms with Gasteiger partial charge in [-0.05, 0) is 25.0 Å². The molecule has 1 fully saturated rings. The standard InChI is InChI=1S/C19H19Cl2F2N5O2/c20-11-3-1-9(7-12(11)21)16-15(18(24)29)14-8-27(5-6-28(14)26-16)19(30)25-13-4-2-10(13)17(22)23/h1,3,7,10,13,17H,2,4-6,8H2,(H2,24,29)(H,25,30)/t10?,13-/m1/s1. The van der Waals surface area contributed by atoms with Crippen LogP contribution in [-0.4, -0.2) is 45.6 Å². The maximum Gasteiger partial charge on any atom is 0.318 e. The number of nitrogens with two attached hydrogens (primary N) is 1. The predicted molar refractivity (Wildman–Crippen MR) is 108 cm³/mol. The van der Waals surface area contributed by atoms with Gasteiger partial charge in [0.1, 0.15) is 5.69 Å². The molecule has 30 heavy (non-hydrogen) atoms. The summed E-state index contributed by atoms with van der Waals surface area (Å²) in [5.74, 6) is -1.50. The van der Waals surface area contributed by atoms with Crippen molar-refractivity contribution in [3.05, 3.63) is 39.5 Å². The second-order valence-corrected chi connectivity index (χ2v) is 8.25. The molecule has 1 aliphatic carbocycles. The molecule has 3 amide bonds. The minimum absolute atomic E-state index is 0.0878. The van der Waals surface area contributed by atoms with Crippen LogP contribution in [0.15, 0.2) is 18.2 Å². The summed E-state index contributed by atoms with van der Waals surface area (Å²) in [7, 11) is 0. The van der Waals surface area contributed by atoms with Crippen LogP contribution < -0.4 is 11.1 Å². The SMILES string of the molecule is NC(=O)c1c(-c2ccc(Cl)c(Cl)c2)nn2c1CN(C(=O)N[C@@H]1CCC1C(F)F)CC2. The summed E-state index contributed by atoms with van der Waals surface area (Å²) in [5.41, 5.74) is 7.23. The first kappa shape index (κ1) is 20.9. The van der Waals surface area contributed by atoms with Gasteiger partial charge in [0, 0.05) is 24.1 Å². The molecule has 0 saturated heterocycles. The van der Waals surface area contributed by atoms with Gasteiger partial charge in [0.15, 0.2) is 0 Å². The lowest BCUT2D eigenvalue weighted by molar-refractivity contribution is 0.00917. The first-order valence-corrected chi connectivity index (χ1v) is 10.2. The molecule has 1 unspecified atom stereocenters. The van der Waals surface area contributed by atoms with E-state index in [0.29, 0.717) is 52.9 Å². The Morgan fingerprint density at radius 2 is 1.97 bits per heavy atom. The van der Waals surface area contributed by atoms with Gasteiger partial charge >= 0.3 is 6.03 Å². The quantitative estimate of drug-likeness (QED) is 0.735. The highest BCUT2D eigenvalue weighted by atomic mass is 35.5. The molecule has 11 heteroatoms. The van der Waals surface area contributed by atoms with Crippen molar-refractivity contribution >= 4 is 35.1 Å². The van der Waals surface area contributed by atoms with Gasteiger partial charge in [0.25, 0.3) is 5.91 Å². The van der Waals surface area contributed by atoms with E-state index < -0.39 is 30.3 Å². The minimum atomic E-state index is -2.46. The predicted octanol–water partition coefficient (Wildman–Crippen LogP) is 3.52.